The Balaban J connectivity index is 2.89. The summed E-state index contributed by atoms with van der Waals surface area (Å²) in [4.78, 5) is 3.18. The van der Waals surface area contributed by atoms with Gasteiger partial charge in [0.15, 0.2) is 0 Å². The average Bonchev–Trinajstić information content (AvgIpc) is 2.39. The molecule has 0 spiro atoms. The van der Waals surface area contributed by atoms with Crippen LogP contribution in [-0.2, 0) is 0 Å². The van der Waals surface area contributed by atoms with E-state index in [2.05, 4.69) is 4.98 Å². The maximum atomic E-state index is 5.99. The molecule has 0 radical (unpaired) electrons. The van der Waals surface area contributed by atoms with Crippen molar-refractivity contribution < 1.29 is 0 Å². The number of halogens is 2. The van der Waals surface area contributed by atoms with Gasteiger partial charge in [0.25, 0.3) is 0 Å². The minimum atomic E-state index is 0.600. The second kappa shape index (κ2) is 2.68. The summed E-state index contributed by atoms with van der Waals surface area (Å²) < 4.78 is 0. The molecule has 0 aliphatic rings. The zero-order valence-electron chi connectivity index (χ0n) is 6.49. The summed E-state index contributed by atoms with van der Waals surface area (Å²) >= 11 is 11.8. The third-order valence-electron chi connectivity index (χ3n) is 1.83. The minimum absolute atomic E-state index is 0.600. The number of benzene rings is 1. The van der Waals surface area contributed by atoms with Crippen LogP contribution in [0.25, 0.3) is 10.9 Å². The molecule has 2 rings (SSSR count). The largest absolute Gasteiger partial charge is 0.359 e. The van der Waals surface area contributed by atoms with Gasteiger partial charge in [0, 0.05) is 16.6 Å². The Morgan fingerprint density at radius 3 is 2.75 bits per heavy atom. The fourth-order valence-electron chi connectivity index (χ4n) is 1.28. The molecule has 1 aromatic heterocycles. The Morgan fingerprint density at radius 2 is 2.00 bits per heavy atom. The highest BCUT2D eigenvalue weighted by molar-refractivity contribution is 6.45. The van der Waals surface area contributed by atoms with Crippen LogP contribution in [0.2, 0.25) is 10.0 Å². The van der Waals surface area contributed by atoms with E-state index in [-0.39, 0.29) is 0 Å². The molecule has 62 valence electrons. The lowest BCUT2D eigenvalue weighted by molar-refractivity contribution is 1.30. The van der Waals surface area contributed by atoms with Crippen LogP contribution >= 0.6 is 23.2 Å². The van der Waals surface area contributed by atoms with E-state index >= 15 is 0 Å². The molecular formula is C9H7Cl2N. The number of aryl methyl sites for hydroxylation is 1. The molecule has 12 heavy (non-hydrogen) atoms. The monoisotopic (exact) mass is 199 g/mol. The van der Waals surface area contributed by atoms with Crippen molar-refractivity contribution in [2.45, 2.75) is 6.92 Å². The summed E-state index contributed by atoms with van der Waals surface area (Å²) in [5.74, 6) is 0. The predicted octanol–water partition coefficient (Wildman–Crippen LogP) is 3.78. The lowest BCUT2D eigenvalue weighted by atomic mass is 10.2. The number of fused-ring (bicyclic) bond motifs is 1. The lowest BCUT2D eigenvalue weighted by Crippen LogP contribution is -1.70. The number of hydrogen-bond donors (Lipinski definition) is 1. The minimum Gasteiger partial charge on any atom is -0.359 e. The quantitative estimate of drug-likeness (QED) is 0.665. The van der Waals surface area contributed by atoms with Gasteiger partial charge in [-0.2, -0.15) is 0 Å². The molecule has 0 saturated carbocycles. The SMILES string of the molecule is Cc1cc2c(Cl)c(Cl)ccc2[nH]1. The molecule has 0 aliphatic carbocycles. The van der Waals surface area contributed by atoms with Gasteiger partial charge in [-0.25, -0.2) is 0 Å². The van der Waals surface area contributed by atoms with Crippen LogP contribution in [0.3, 0.4) is 0 Å². The molecule has 1 nitrogen and oxygen atoms in total. The number of hydrogen-bond acceptors (Lipinski definition) is 0. The van der Waals surface area contributed by atoms with E-state index < -0.39 is 0 Å². The normalized spacial score (nSPS) is 10.9. The highest BCUT2D eigenvalue weighted by Crippen LogP contribution is 2.30. The number of aromatic nitrogens is 1. The third kappa shape index (κ3) is 1.10. The number of aromatic amines is 1. The number of nitrogens with one attached hydrogen (secondary N) is 1. The van der Waals surface area contributed by atoms with E-state index in [4.69, 9.17) is 23.2 Å². The first-order chi connectivity index (χ1) is 5.68. The first kappa shape index (κ1) is 7.96. The van der Waals surface area contributed by atoms with Gasteiger partial charge in [0.05, 0.1) is 10.0 Å². The smallest absolute Gasteiger partial charge is 0.0686 e. The molecule has 0 bridgehead atoms. The Kier molecular flexibility index (Phi) is 1.78. The van der Waals surface area contributed by atoms with Crippen molar-refractivity contribution in [3.63, 3.8) is 0 Å². The van der Waals surface area contributed by atoms with Crippen LogP contribution in [0.1, 0.15) is 5.69 Å². The summed E-state index contributed by atoms with van der Waals surface area (Å²) in [6, 6.07) is 5.71. The zero-order valence-corrected chi connectivity index (χ0v) is 8.00. The topological polar surface area (TPSA) is 15.8 Å². The molecule has 1 N–H and O–H groups in total. The van der Waals surface area contributed by atoms with E-state index in [0.29, 0.717) is 10.0 Å². The van der Waals surface area contributed by atoms with Crippen molar-refractivity contribution in [1.82, 2.24) is 4.98 Å². The van der Waals surface area contributed by atoms with Crippen molar-refractivity contribution in [2.75, 3.05) is 0 Å². The van der Waals surface area contributed by atoms with Crippen LogP contribution in [-0.4, -0.2) is 4.98 Å². The molecule has 0 saturated heterocycles. The van der Waals surface area contributed by atoms with Crippen molar-refractivity contribution >= 4 is 34.1 Å². The van der Waals surface area contributed by atoms with Gasteiger partial charge in [-0.15, -0.1) is 0 Å². The highest BCUT2D eigenvalue weighted by atomic mass is 35.5. The molecule has 0 fully saturated rings. The van der Waals surface area contributed by atoms with Crippen molar-refractivity contribution in [2.24, 2.45) is 0 Å². The van der Waals surface area contributed by atoms with Crippen LogP contribution in [0.5, 0.6) is 0 Å². The van der Waals surface area contributed by atoms with Crippen molar-refractivity contribution in [1.29, 1.82) is 0 Å². The molecule has 0 aliphatic heterocycles. The van der Waals surface area contributed by atoms with Gasteiger partial charge in [0.1, 0.15) is 0 Å². The standard InChI is InChI=1S/C9H7Cl2N/c1-5-4-6-8(12-5)3-2-7(10)9(6)11/h2-4,12H,1H3. The van der Waals surface area contributed by atoms with Gasteiger partial charge in [0.2, 0.25) is 0 Å². The molecule has 3 heteroatoms. The third-order valence-corrected chi connectivity index (χ3v) is 2.64. The number of rotatable bonds is 0. The van der Waals surface area contributed by atoms with Gasteiger partial charge in [-0.3, -0.25) is 0 Å². The van der Waals surface area contributed by atoms with Crippen LogP contribution < -0.4 is 0 Å². The van der Waals surface area contributed by atoms with Crippen molar-refractivity contribution in [3.05, 3.63) is 33.9 Å². The lowest BCUT2D eigenvalue weighted by Gasteiger charge is -1.95. The Bertz CT molecular complexity index is 431. The summed E-state index contributed by atoms with van der Waals surface area (Å²) in [5.41, 5.74) is 2.12. The molecule has 2 aromatic rings. The van der Waals surface area contributed by atoms with Gasteiger partial charge in [-0.05, 0) is 25.1 Å². The average molecular weight is 200 g/mol. The second-order valence-electron chi connectivity index (χ2n) is 2.77. The first-order valence-corrected chi connectivity index (χ1v) is 4.37. The maximum Gasteiger partial charge on any atom is 0.0686 e. The van der Waals surface area contributed by atoms with E-state index in [1.807, 2.05) is 19.1 Å². The van der Waals surface area contributed by atoms with E-state index in [1.54, 1.807) is 6.07 Å². The van der Waals surface area contributed by atoms with Crippen LogP contribution in [0.4, 0.5) is 0 Å². The van der Waals surface area contributed by atoms with Gasteiger partial charge >= 0.3 is 0 Å². The molecule has 0 amide bonds. The Labute approximate surface area is 80.3 Å². The summed E-state index contributed by atoms with van der Waals surface area (Å²) in [6.07, 6.45) is 0. The van der Waals surface area contributed by atoms with E-state index in [1.165, 1.54) is 0 Å². The van der Waals surface area contributed by atoms with Gasteiger partial charge in [-0.1, -0.05) is 23.2 Å². The van der Waals surface area contributed by atoms with Crippen LogP contribution in [0, 0.1) is 6.92 Å². The molecule has 1 aromatic carbocycles. The number of H-pyrrole nitrogens is 1. The zero-order chi connectivity index (χ0) is 8.72. The fraction of sp³-hybridized carbons (Fsp3) is 0.111. The van der Waals surface area contributed by atoms with Crippen molar-refractivity contribution in [3.8, 4) is 0 Å². The summed E-state index contributed by atoms with van der Waals surface area (Å²) in [5, 5.41) is 2.21. The molecule has 0 atom stereocenters. The fourth-order valence-corrected chi connectivity index (χ4v) is 1.67. The second-order valence-corrected chi connectivity index (χ2v) is 3.56. The summed E-state index contributed by atoms with van der Waals surface area (Å²) in [7, 11) is 0. The summed E-state index contributed by atoms with van der Waals surface area (Å²) in [6.45, 7) is 1.99. The Morgan fingerprint density at radius 1 is 1.25 bits per heavy atom. The maximum absolute atomic E-state index is 5.99. The highest BCUT2D eigenvalue weighted by Gasteiger charge is 2.04. The van der Waals surface area contributed by atoms with Gasteiger partial charge < -0.3 is 4.98 Å². The molecular weight excluding hydrogens is 193 g/mol. The van der Waals surface area contributed by atoms with E-state index in [0.717, 1.165) is 16.6 Å². The molecule has 0 unspecified atom stereocenters. The van der Waals surface area contributed by atoms with Crippen LogP contribution in [0.15, 0.2) is 18.2 Å². The molecule has 1 heterocycles. The van der Waals surface area contributed by atoms with E-state index in [9.17, 15) is 0 Å². The predicted molar refractivity (Wildman–Crippen MR) is 53.1 cm³/mol. The Hall–Kier alpha value is -0.660. The first-order valence-electron chi connectivity index (χ1n) is 3.62.